The van der Waals surface area contributed by atoms with Gasteiger partial charge in [-0.15, -0.1) is 0 Å². The highest BCUT2D eigenvalue weighted by Gasteiger charge is 2.09. The second-order valence-electron chi connectivity index (χ2n) is 4.78. The van der Waals surface area contributed by atoms with E-state index in [0.29, 0.717) is 12.8 Å². The van der Waals surface area contributed by atoms with Gasteiger partial charge >= 0.3 is 0 Å². The largest absolute Gasteiger partial charge is 0.392 e. The van der Waals surface area contributed by atoms with E-state index >= 15 is 0 Å². The lowest BCUT2D eigenvalue weighted by Crippen LogP contribution is -2.14. The molecule has 0 heterocycles. The highest BCUT2D eigenvalue weighted by Crippen LogP contribution is 2.20. The average Bonchev–Trinajstić information content (AvgIpc) is 2.36. The van der Waals surface area contributed by atoms with Crippen LogP contribution in [-0.2, 0) is 12.8 Å². The molecular formula is C16H16BrClO. The van der Waals surface area contributed by atoms with Gasteiger partial charge in [-0.1, -0.05) is 51.8 Å². The third kappa shape index (κ3) is 4.34. The van der Waals surface area contributed by atoms with Crippen LogP contribution in [-0.4, -0.2) is 11.2 Å². The van der Waals surface area contributed by atoms with E-state index < -0.39 is 6.10 Å². The van der Waals surface area contributed by atoms with Crippen molar-refractivity contribution in [3.8, 4) is 0 Å². The Hall–Kier alpha value is -0.830. The van der Waals surface area contributed by atoms with Gasteiger partial charge in [0.25, 0.3) is 0 Å². The van der Waals surface area contributed by atoms with Gasteiger partial charge in [0.05, 0.1) is 6.10 Å². The smallest absolute Gasteiger partial charge is 0.0621 e. The molecule has 19 heavy (non-hydrogen) atoms. The van der Waals surface area contributed by atoms with Gasteiger partial charge in [0.1, 0.15) is 0 Å². The molecule has 0 radical (unpaired) electrons. The van der Waals surface area contributed by atoms with E-state index in [-0.39, 0.29) is 0 Å². The van der Waals surface area contributed by atoms with Crippen LogP contribution in [0.25, 0.3) is 0 Å². The summed E-state index contributed by atoms with van der Waals surface area (Å²) in [6.07, 6.45) is 0.800. The summed E-state index contributed by atoms with van der Waals surface area (Å²) in [5.41, 5.74) is 3.26. The number of aryl methyl sites for hydroxylation is 1. The first-order chi connectivity index (χ1) is 9.04. The molecule has 2 aromatic rings. The maximum absolute atomic E-state index is 10.1. The third-order valence-corrected chi connectivity index (χ3v) is 3.93. The number of aliphatic hydroxyl groups is 1. The van der Waals surface area contributed by atoms with Crippen LogP contribution in [0.15, 0.2) is 46.9 Å². The Morgan fingerprint density at radius 1 is 1.11 bits per heavy atom. The van der Waals surface area contributed by atoms with Gasteiger partial charge in [-0.2, -0.15) is 0 Å². The Bertz CT molecular complexity index is 551. The topological polar surface area (TPSA) is 20.2 Å². The number of halogens is 2. The highest BCUT2D eigenvalue weighted by molar-refractivity contribution is 9.10. The average molecular weight is 340 g/mol. The number of aliphatic hydroxyl groups excluding tert-OH is 1. The van der Waals surface area contributed by atoms with Gasteiger partial charge in [-0.05, 0) is 48.2 Å². The SMILES string of the molecule is Cc1ccc(CC(O)Cc2ccc(Br)cc2)c(Cl)c1. The van der Waals surface area contributed by atoms with Crippen molar-refractivity contribution in [2.75, 3.05) is 0 Å². The van der Waals surface area contributed by atoms with Crippen LogP contribution in [0.4, 0.5) is 0 Å². The molecule has 1 nitrogen and oxygen atoms in total. The van der Waals surface area contributed by atoms with Gasteiger partial charge < -0.3 is 5.11 Å². The molecule has 100 valence electrons. The standard InChI is InChI=1S/C16H16BrClO/c1-11-2-5-13(16(18)8-11)10-15(19)9-12-3-6-14(17)7-4-12/h2-8,15,19H,9-10H2,1H3. The van der Waals surface area contributed by atoms with E-state index in [2.05, 4.69) is 15.9 Å². The maximum Gasteiger partial charge on any atom is 0.0621 e. The van der Waals surface area contributed by atoms with Crippen molar-refractivity contribution in [1.29, 1.82) is 0 Å². The summed E-state index contributed by atoms with van der Waals surface area (Å²) < 4.78 is 1.05. The summed E-state index contributed by atoms with van der Waals surface area (Å²) in [4.78, 5) is 0. The Balaban J connectivity index is 2.01. The van der Waals surface area contributed by atoms with E-state index in [4.69, 9.17) is 11.6 Å². The minimum absolute atomic E-state index is 0.415. The Morgan fingerprint density at radius 2 is 1.79 bits per heavy atom. The summed E-state index contributed by atoms with van der Waals surface area (Å²) in [6.45, 7) is 2.01. The Morgan fingerprint density at radius 3 is 2.42 bits per heavy atom. The van der Waals surface area contributed by atoms with Crippen molar-refractivity contribution in [1.82, 2.24) is 0 Å². The molecule has 0 saturated heterocycles. The van der Waals surface area contributed by atoms with Crippen molar-refractivity contribution in [2.45, 2.75) is 25.9 Å². The lowest BCUT2D eigenvalue weighted by atomic mass is 10.0. The van der Waals surface area contributed by atoms with Crippen LogP contribution < -0.4 is 0 Å². The molecule has 0 bridgehead atoms. The van der Waals surface area contributed by atoms with Crippen LogP contribution in [0, 0.1) is 6.92 Å². The molecule has 1 unspecified atom stereocenters. The quantitative estimate of drug-likeness (QED) is 0.866. The Labute approximate surface area is 127 Å². The summed E-state index contributed by atoms with van der Waals surface area (Å²) in [7, 11) is 0. The molecule has 0 aromatic heterocycles. The molecule has 0 aliphatic heterocycles. The monoisotopic (exact) mass is 338 g/mol. The molecule has 3 heteroatoms. The van der Waals surface area contributed by atoms with Gasteiger partial charge in [0.15, 0.2) is 0 Å². The van der Waals surface area contributed by atoms with Crippen molar-refractivity contribution in [2.24, 2.45) is 0 Å². The lowest BCUT2D eigenvalue weighted by molar-refractivity contribution is 0.175. The van der Waals surface area contributed by atoms with Gasteiger partial charge in [0, 0.05) is 15.9 Å². The highest BCUT2D eigenvalue weighted by atomic mass is 79.9. The lowest BCUT2D eigenvalue weighted by Gasteiger charge is -2.12. The first-order valence-corrected chi connectivity index (χ1v) is 7.39. The zero-order valence-electron chi connectivity index (χ0n) is 10.7. The summed E-state index contributed by atoms with van der Waals surface area (Å²) >= 11 is 9.58. The maximum atomic E-state index is 10.1. The van der Waals surface area contributed by atoms with Crippen LogP contribution >= 0.6 is 27.5 Å². The van der Waals surface area contributed by atoms with E-state index in [1.54, 1.807) is 0 Å². The molecule has 2 aromatic carbocycles. The fraction of sp³-hybridized carbons (Fsp3) is 0.250. The molecule has 0 saturated carbocycles. The van der Waals surface area contributed by atoms with Crippen LogP contribution in [0.3, 0.4) is 0 Å². The van der Waals surface area contributed by atoms with Crippen LogP contribution in [0.5, 0.6) is 0 Å². The summed E-state index contributed by atoms with van der Waals surface area (Å²) in [5, 5.41) is 10.9. The second-order valence-corrected chi connectivity index (χ2v) is 6.11. The van der Waals surface area contributed by atoms with Gasteiger partial charge in [0.2, 0.25) is 0 Å². The predicted molar refractivity (Wildman–Crippen MR) is 83.7 cm³/mol. The van der Waals surface area contributed by atoms with E-state index in [0.717, 1.165) is 26.2 Å². The zero-order valence-corrected chi connectivity index (χ0v) is 13.1. The fourth-order valence-corrected chi connectivity index (χ4v) is 2.61. The summed E-state index contributed by atoms with van der Waals surface area (Å²) in [5.74, 6) is 0. The van der Waals surface area contributed by atoms with E-state index in [1.165, 1.54) is 0 Å². The van der Waals surface area contributed by atoms with E-state index in [9.17, 15) is 5.11 Å². The van der Waals surface area contributed by atoms with Crippen LogP contribution in [0.1, 0.15) is 16.7 Å². The number of benzene rings is 2. The normalized spacial score (nSPS) is 12.4. The van der Waals surface area contributed by atoms with Crippen molar-refractivity contribution in [3.63, 3.8) is 0 Å². The number of rotatable bonds is 4. The molecular weight excluding hydrogens is 324 g/mol. The molecule has 0 spiro atoms. The molecule has 1 atom stereocenters. The molecule has 0 aliphatic carbocycles. The summed E-state index contributed by atoms with van der Waals surface area (Å²) in [6, 6.07) is 14.0. The first-order valence-electron chi connectivity index (χ1n) is 6.22. The fourth-order valence-electron chi connectivity index (χ4n) is 2.04. The number of hydrogen-bond acceptors (Lipinski definition) is 1. The van der Waals surface area contributed by atoms with Gasteiger partial charge in [-0.3, -0.25) is 0 Å². The number of hydrogen-bond donors (Lipinski definition) is 1. The minimum Gasteiger partial charge on any atom is -0.392 e. The first kappa shape index (κ1) is 14.6. The Kier molecular flexibility index (Phi) is 5.03. The molecule has 0 amide bonds. The van der Waals surface area contributed by atoms with Crippen molar-refractivity contribution in [3.05, 3.63) is 68.7 Å². The van der Waals surface area contributed by atoms with E-state index in [1.807, 2.05) is 49.4 Å². The second kappa shape index (κ2) is 6.56. The van der Waals surface area contributed by atoms with Crippen LogP contribution in [0.2, 0.25) is 5.02 Å². The van der Waals surface area contributed by atoms with Crippen molar-refractivity contribution >= 4 is 27.5 Å². The minimum atomic E-state index is -0.415. The zero-order chi connectivity index (χ0) is 13.8. The predicted octanol–water partition coefficient (Wildman–Crippen LogP) is 4.56. The van der Waals surface area contributed by atoms with Crippen molar-refractivity contribution < 1.29 is 5.11 Å². The molecule has 0 fully saturated rings. The molecule has 2 rings (SSSR count). The molecule has 1 N–H and O–H groups in total. The third-order valence-electron chi connectivity index (χ3n) is 3.05. The molecule has 0 aliphatic rings. The van der Waals surface area contributed by atoms with Gasteiger partial charge in [-0.25, -0.2) is 0 Å².